The molecule has 0 saturated heterocycles. The van der Waals surface area contributed by atoms with E-state index in [1.54, 1.807) is 13.8 Å². The van der Waals surface area contributed by atoms with Crippen molar-refractivity contribution in [2.75, 3.05) is 34.4 Å². The smallest absolute Gasteiger partial charge is 0.339 e. The van der Waals surface area contributed by atoms with Crippen molar-refractivity contribution >= 4 is 11.9 Å². The average molecular weight is 373 g/mol. The molecule has 0 aliphatic carbocycles. The minimum Gasteiger partial charge on any atom is -0.492 e. The number of amides is 1. The fourth-order valence-corrected chi connectivity index (χ4v) is 2.75. The van der Waals surface area contributed by atoms with E-state index in [1.165, 1.54) is 7.11 Å². The topological polar surface area (TPSA) is 83.7 Å². The number of aromatic nitrogens is 1. The molecule has 146 valence electrons. The number of H-pyrrole nitrogens is 1. The van der Waals surface area contributed by atoms with Crippen LogP contribution in [-0.4, -0.2) is 56.1 Å². The third kappa shape index (κ3) is 5.34. The fourth-order valence-electron chi connectivity index (χ4n) is 2.75. The summed E-state index contributed by atoms with van der Waals surface area (Å²) in [5.74, 6) is 0.0380. The zero-order valence-electron chi connectivity index (χ0n) is 16.5. The molecule has 0 radical (unpaired) electrons. The molecule has 0 aliphatic heterocycles. The number of aryl methyl sites for hydroxylation is 1. The Balaban J connectivity index is 2.01. The standard InChI is InChI=1S/C20H27N3O4/c1-13-17(20(25)26-5)14(2)22-18(13)19(24)21-12-15-7-6-8-16(11-15)27-10-9-23(3)4/h6-8,11,22H,9-10,12H2,1-5H3,(H,21,24). The maximum Gasteiger partial charge on any atom is 0.339 e. The first-order valence-corrected chi connectivity index (χ1v) is 8.75. The molecule has 2 rings (SSSR count). The lowest BCUT2D eigenvalue weighted by atomic mass is 10.1. The summed E-state index contributed by atoms with van der Waals surface area (Å²) in [6.45, 7) is 5.25. The lowest BCUT2D eigenvalue weighted by molar-refractivity contribution is 0.0599. The van der Waals surface area contributed by atoms with Crippen molar-refractivity contribution in [2.45, 2.75) is 20.4 Å². The van der Waals surface area contributed by atoms with Crippen LogP contribution in [0.1, 0.15) is 37.7 Å². The third-order valence-corrected chi connectivity index (χ3v) is 4.21. The molecule has 0 fully saturated rings. The number of esters is 1. The number of carbonyl (C=O) groups is 2. The third-order valence-electron chi connectivity index (χ3n) is 4.21. The Kier molecular flexibility index (Phi) is 7.01. The minimum atomic E-state index is -0.456. The number of methoxy groups -OCH3 is 1. The average Bonchev–Trinajstić information content (AvgIpc) is 2.93. The summed E-state index contributed by atoms with van der Waals surface area (Å²) in [5, 5.41) is 2.87. The lowest BCUT2D eigenvalue weighted by Gasteiger charge is -2.12. The van der Waals surface area contributed by atoms with Crippen molar-refractivity contribution in [3.63, 3.8) is 0 Å². The van der Waals surface area contributed by atoms with Gasteiger partial charge in [0.05, 0.1) is 12.7 Å². The molecule has 0 unspecified atom stereocenters. The van der Waals surface area contributed by atoms with Gasteiger partial charge in [0.25, 0.3) is 5.91 Å². The molecule has 0 saturated carbocycles. The largest absolute Gasteiger partial charge is 0.492 e. The van der Waals surface area contributed by atoms with E-state index in [9.17, 15) is 9.59 Å². The van der Waals surface area contributed by atoms with Crippen LogP contribution in [0.3, 0.4) is 0 Å². The van der Waals surface area contributed by atoms with Gasteiger partial charge < -0.3 is 24.7 Å². The molecule has 27 heavy (non-hydrogen) atoms. The van der Waals surface area contributed by atoms with Crippen LogP contribution >= 0.6 is 0 Å². The maximum atomic E-state index is 12.5. The van der Waals surface area contributed by atoms with Crippen molar-refractivity contribution in [1.82, 2.24) is 15.2 Å². The predicted molar refractivity (Wildman–Crippen MR) is 103 cm³/mol. The van der Waals surface area contributed by atoms with Gasteiger partial charge in [-0.1, -0.05) is 12.1 Å². The van der Waals surface area contributed by atoms with Crippen molar-refractivity contribution in [3.8, 4) is 5.75 Å². The number of likely N-dealkylation sites (N-methyl/N-ethyl adjacent to an activating group) is 1. The summed E-state index contributed by atoms with van der Waals surface area (Å²) in [7, 11) is 5.30. The van der Waals surface area contributed by atoms with Crippen LogP contribution < -0.4 is 10.1 Å². The van der Waals surface area contributed by atoms with Crippen LogP contribution in [0.15, 0.2) is 24.3 Å². The quantitative estimate of drug-likeness (QED) is 0.694. The summed E-state index contributed by atoms with van der Waals surface area (Å²) in [6.07, 6.45) is 0. The summed E-state index contributed by atoms with van der Waals surface area (Å²) in [6, 6.07) is 7.61. The van der Waals surface area contributed by atoms with E-state index in [-0.39, 0.29) is 5.91 Å². The molecule has 0 aliphatic rings. The summed E-state index contributed by atoms with van der Waals surface area (Å²) in [5.41, 5.74) is 2.89. The van der Waals surface area contributed by atoms with E-state index < -0.39 is 5.97 Å². The van der Waals surface area contributed by atoms with Gasteiger partial charge in [0.2, 0.25) is 0 Å². The highest BCUT2D eigenvalue weighted by Gasteiger charge is 2.22. The summed E-state index contributed by atoms with van der Waals surface area (Å²) >= 11 is 0. The number of hydrogen-bond donors (Lipinski definition) is 2. The monoisotopic (exact) mass is 373 g/mol. The number of rotatable bonds is 8. The Morgan fingerprint density at radius 2 is 1.96 bits per heavy atom. The molecular weight excluding hydrogens is 346 g/mol. The van der Waals surface area contributed by atoms with Crippen LogP contribution in [0.5, 0.6) is 5.75 Å². The van der Waals surface area contributed by atoms with Gasteiger partial charge >= 0.3 is 5.97 Å². The number of hydrogen-bond acceptors (Lipinski definition) is 5. The Hall–Kier alpha value is -2.80. The van der Waals surface area contributed by atoms with Crippen molar-refractivity contribution < 1.29 is 19.1 Å². The van der Waals surface area contributed by atoms with Gasteiger partial charge in [0.1, 0.15) is 18.1 Å². The van der Waals surface area contributed by atoms with Crippen LogP contribution in [0.25, 0.3) is 0 Å². The van der Waals surface area contributed by atoms with E-state index in [0.29, 0.717) is 35.7 Å². The summed E-state index contributed by atoms with van der Waals surface area (Å²) < 4.78 is 10.5. The number of ether oxygens (including phenoxy) is 2. The SMILES string of the molecule is COC(=O)c1c(C)[nH]c(C(=O)NCc2cccc(OCCN(C)C)c2)c1C. The zero-order chi connectivity index (χ0) is 20.0. The molecular formula is C20H27N3O4. The highest BCUT2D eigenvalue weighted by molar-refractivity contribution is 6.00. The molecule has 0 bridgehead atoms. The molecule has 1 amide bonds. The molecule has 7 heteroatoms. The number of nitrogens with one attached hydrogen (secondary N) is 2. The molecule has 2 aromatic rings. The van der Waals surface area contributed by atoms with Gasteiger partial charge in [-0.15, -0.1) is 0 Å². The van der Waals surface area contributed by atoms with Gasteiger partial charge in [-0.2, -0.15) is 0 Å². The Morgan fingerprint density at radius 3 is 2.63 bits per heavy atom. The minimum absolute atomic E-state index is 0.273. The van der Waals surface area contributed by atoms with Crippen LogP contribution in [0.2, 0.25) is 0 Å². The molecule has 1 aromatic carbocycles. The number of aromatic amines is 1. The molecule has 0 spiro atoms. The van der Waals surface area contributed by atoms with E-state index in [0.717, 1.165) is 17.9 Å². The molecule has 1 heterocycles. The summed E-state index contributed by atoms with van der Waals surface area (Å²) in [4.78, 5) is 29.4. The van der Waals surface area contributed by atoms with Gasteiger partial charge in [0.15, 0.2) is 0 Å². The molecule has 1 aromatic heterocycles. The second-order valence-corrected chi connectivity index (χ2v) is 6.60. The molecule has 2 N–H and O–H groups in total. The van der Waals surface area contributed by atoms with Crippen molar-refractivity contribution in [3.05, 3.63) is 52.3 Å². The highest BCUT2D eigenvalue weighted by Crippen LogP contribution is 2.19. The first-order valence-electron chi connectivity index (χ1n) is 8.75. The fraction of sp³-hybridized carbons (Fsp3) is 0.400. The van der Waals surface area contributed by atoms with E-state index in [2.05, 4.69) is 10.3 Å². The number of benzene rings is 1. The van der Waals surface area contributed by atoms with Crippen LogP contribution in [0.4, 0.5) is 0 Å². The van der Waals surface area contributed by atoms with Gasteiger partial charge in [0, 0.05) is 18.8 Å². The van der Waals surface area contributed by atoms with Crippen molar-refractivity contribution in [2.24, 2.45) is 0 Å². The van der Waals surface area contributed by atoms with Crippen LogP contribution in [0, 0.1) is 13.8 Å². The normalized spacial score (nSPS) is 10.7. The highest BCUT2D eigenvalue weighted by atomic mass is 16.5. The molecule has 7 nitrogen and oxygen atoms in total. The van der Waals surface area contributed by atoms with Gasteiger partial charge in [-0.05, 0) is 51.2 Å². The van der Waals surface area contributed by atoms with E-state index in [4.69, 9.17) is 9.47 Å². The predicted octanol–water partition coefficient (Wildman–Crippen LogP) is 2.29. The number of carbonyl (C=O) groups excluding carboxylic acids is 2. The Morgan fingerprint density at radius 1 is 1.22 bits per heavy atom. The Bertz CT molecular complexity index is 812. The maximum absolute atomic E-state index is 12.5. The molecule has 0 atom stereocenters. The van der Waals surface area contributed by atoms with E-state index in [1.807, 2.05) is 43.3 Å². The van der Waals surface area contributed by atoms with Gasteiger partial charge in [-0.25, -0.2) is 4.79 Å². The number of nitrogens with zero attached hydrogens (tertiary/aromatic N) is 1. The van der Waals surface area contributed by atoms with Gasteiger partial charge in [-0.3, -0.25) is 4.79 Å². The lowest BCUT2D eigenvalue weighted by Crippen LogP contribution is -2.24. The first kappa shape index (κ1) is 20.5. The van der Waals surface area contributed by atoms with Crippen molar-refractivity contribution in [1.29, 1.82) is 0 Å². The second kappa shape index (κ2) is 9.23. The van der Waals surface area contributed by atoms with E-state index >= 15 is 0 Å². The van der Waals surface area contributed by atoms with Crippen LogP contribution in [-0.2, 0) is 11.3 Å². The zero-order valence-corrected chi connectivity index (χ0v) is 16.5. The first-order chi connectivity index (χ1) is 12.8. The second-order valence-electron chi connectivity index (χ2n) is 6.60. The Labute approximate surface area is 159 Å².